The monoisotopic (exact) mass is 372 g/mol. The SMILES string of the molecule is COC(=O)C1=C[C@H](N=[N+]=[N-])[C@@H](NC(C)=O)[C@H]([C@H](OC(C)=O)[C@H](O)CO)O1. The average molecular weight is 372 g/mol. The fraction of sp³-hybridized carbons (Fsp3) is 0.643. The topological polar surface area (TPSA) is 180 Å². The number of azide groups is 1. The summed E-state index contributed by atoms with van der Waals surface area (Å²) in [7, 11) is 1.09. The number of hydrogen-bond donors (Lipinski definition) is 3. The van der Waals surface area contributed by atoms with Crippen molar-refractivity contribution >= 4 is 17.8 Å². The van der Waals surface area contributed by atoms with E-state index in [2.05, 4.69) is 20.1 Å². The molecule has 144 valence electrons. The van der Waals surface area contributed by atoms with Gasteiger partial charge in [0.15, 0.2) is 12.2 Å². The number of ether oxygens (including phenoxy) is 3. The number of hydrogen-bond acceptors (Lipinski definition) is 9. The molecule has 0 spiro atoms. The molecule has 1 rings (SSSR count). The highest BCUT2D eigenvalue weighted by Crippen LogP contribution is 2.27. The van der Waals surface area contributed by atoms with Crippen LogP contribution in [0.2, 0.25) is 0 Å². The molecule has 0 bridgehead atoms. The van der Waals surface area contributed by atoms with E-state index < -0.39 is 54.8 Å². The highest BCUT2D eigenvalue weighted by atomic mass is 16.6. The van der Waals surface area contributed by atoms with E-state index in [0.29, 0.717) is 0 Å². The smallest absolute Gasteiger partial charge is 0.372 e. The predicted molar refractivity (Wildman–Crippen MR) is 84.2 cm³/mol. The first kappa shape index (κ1) is 21.2. The summed E-state index contributed by atoms with van der Waals surface area (Å²) in [6.07, 6.45) is -3.28. The van der Waals surface area contributed by atoms with Crippen molar-refractivity contribution in [2.24, 2.45) is 5.11 Å². The molecule has 1 amide bonds. The summed E-state index contributed by atoms with van der Waals surface area (Å²) in [5.74, 6) is -2.60. The van der Waals surface area contributed by atoms with Crippen LogP contribution >= 0.6 is 0 Å². The van der Waals surface area contributed by atoms with Gasteiger partial charge in [0.1, 0.15) is 6.10 Å². The van der Waals surface area contributed by atoms with E-state index in [-0.39, 0.29) is 5.76 Å². The molecular formula is C14H20N4O8. The van der Waals surface area contributed by atoms with Crippen LogP contribution in [0.3, 0.4) is 0 Å². The third kappa shape index (κ3) is 5.34. The third-order valence-electron chi connectivity index (χ3n) is 3.44. The van der Waals surface area contributed by atoms with Gasteiger partial charge in [-0.05, 0) is 11.6 Å². The number of aliphatic hydroxyl groups is 2. The summed E-state index contributed by atoms with van der Waals surface area (Å²) >= 11 is 0. The van der Waals surface area contributed by atoms with Gasteiger partial charge in [-0.1, -0.05) is 5.11 Å². The molecule has 0 fully saturated rings. The second kappa shape index (κ2) is 9.61. The van der Waals surface area contributed by atoms with Gasteiger partial charge in [-0.25, -0.2) is 4.79 Å². The highest BCUT2D eigenvalue weighted by molar-refractivity contribution is 5.86. The minimum Gasteiger partial charge on any atom is -0.477 e. The van der Waals surface area contributed by atoms with Crippen LogP contribution in [-0.2, 0) is 28.6 Å². The molecule has 3 N–H and O–H groups in total. The van der Waals surface area contributed by atoms with Crippen LogP contribution in [0.4, 0.5) is 0 Å². The van der Waals surface area contributed by atoms with Gasteiger partial charge in [0.05, 0.1) is 25.8 Å². The third-order valence-corrected chi connectivity index (χ3v) is 3.44. The van der Waals surface area contributed by atoms with Crippen molar-refractivity contribution in [3.05, 3.63) is 22.3 Å². The summed E-state index contributed by atoms with van der Waals surface area (Å²) < 4.78 is 15.0. The lowest BCUT2D eigenvalue weighted by Gasteiger charge is -2.39. The Labute approximate surface area is 148 Å². The Morgan fingerprint density at radius 2 is 2.12 bits per heavy atom. The van der Waals surface area contributed by atoms with Gasteiger partial charge in [-0.15, -0.1) is 0 Å². The number of nitrogens with zero attached hydrogens (tertiary/aromatic N) is 3. The number of carbonyl (C=O) groups is 3. The van der Waals surface area contributed by atoms with Gasteiger partial charge >= 0.3 is 11.9 Å². The molecule has 0 aromatic heterocycles. The molecule has 12 nitrogen and oxygen atoms in total. The van der Waals surface area contributed by atoms with E-state index in [0.717, 1.165) is 20.1 Å². The zero-order valence-corrected chi connectivity index (χ0v) is 14.4. The van der Waals surface area contributed by atoms with Crippen molar-refractivity contribution in [1.82, 2.24) is 5.32 Å². The van der Waals surface area contributed by atoms with E-state index in [1.165, 1.54) is 6.92 Å². The van der Waals surface area contributed by atoms with Gasteiger partial charge in [0.2, 0.25) is 11.7 Å². The first-order valence-electron chi connectivity index (χ1n) is 7.49. The summed E-state index contributed by atoms with van der Waals surface area (Å²) in [5.41, 5.74) is 8.76. The molecule has 1 aliphatic heterocycles. The summed E-state index contributed by atoms with van der Waals surface area (Å²) in [6, 6.07) is -2.21. The number of esters is 2. The van der Waals surface area contributed by atoms with Gasteiger partial charge in [-0.3, -0.25) is 9.59 Å². The molecule has 1 aliphatic rings. The Bertz CT molecular complexity index is 630. The minimum atomic E-state index is -1.59. The molecule has 0 aromatic carbocycles. The summed E-state index contributed by atoms with van der Waals surface area (Å²) in [4.78, 5) is 37.4. The van der Waals surface area contributed by atoms with E-state index >= 15 is 0 Å². The van der Waals surface area contributed by atoms with Crippen molar-refractivity contribution < 1.29 is 38.8 Å². The van der Waals surface area contributed by atoms with E-state index in [4.69, 9.17) is 15.0 Å². The molecule has 0 aromatic rings. The van der Waals surface area contributed by atoms with Crippen LogP contribution in [0.25, 0.3) is 10.4 Å². The molecule has 5 atom stereocenters. The fourth-order valence-corrected chi connectivity index (χ4v) is 2.43. The van der Waals surface area contributed by atoms with Gasteiger partial charge in [-0.2, -0.15) is 0 Å². The van der Waals surface area contributed by atoms with Crippen molar-refractivity contribution in [3.63, 3.8) is 0 Å². The van der Waals surface area contributed by atoms with Crippen LogP contribution < -0.4 is 5.32 Å². The number of amides is 1. The maximum atomic E-state index is 11.8. The predicted octanol–water partition coefficient (Wildman–Crippen LogP) is -1.09. The van der Waals surface area contributed by atoms with Crippen LogP contribution in [-0.4, -0.2) is 72.2 Å². The van der Waals surface area contributed by atoms with Crippen LogP contribution in [0.15, 0.2) is 16.9 Å². The number of nitrogens with one attached hydrogen (secondary N) is 1. The fourth-order valence-electron chi connectivity index (χ4n) is 2.43. The lowest BCUT2D eigenvalue weighted by Crippen LogP contribution is -2.60. The van der Waals surface area contributed by atoms with Crippen LogP contribution in [0.5, 0.6) is 0 Å². The summed E-state index contributed by atoms with van der Waals surface area (Å²) in [6.45, 7) is 1.45. The quantitative estimate of drug-likeness (QED) is 0.218. The molecular weight excluding hydrogens is 352 g/mol. The largest absolute Gasteiger partial charge is 0.477 e. The van der Waals surface area contributed by atoms with Crippen molar-refractivity contribution in [2.45, 2.75) is 44.2 Å². The maximum Gasteiger partial charge on any atom is 0.372 e. The minimum absolute atomic E-state index is 0.362. The molecule has 26 heavy (non-hydrogen) atoms. The Morgan fingerprint density at radius 1 is 1.46 bits per heavy atom. The van der Waals surface area contributed by atoms with Gasteiger partial charge < -0.3 is 29.7 Å². The number of rotatable bonds is 7. The number of carbonyl (C=O) groups excluding carboxylic acids is 3. The van der Waals surface area contributed by atoms with Gasteiger partial charge in [0, 0.05) is 18.8 Å². The maximum absolute atomic E-state index is 11.8. The Morgan fingerprint density at radius 3 is 2.58 bits per heavy atom. The first-order chi connectivity index (χ1) is 12.2. The zero-order chi connectivity index (χ0) is 19.9. The number of methoxy groups -OCH3 is 1. The first-order valence-corrected chi connectivity index (χ1v) is 7.49. The Balaban J connectivity index is 3.41. The second-order valence-electron chi connectivity index (χ2n) is 5.35. The second-order valence-corrected chi connectivity index (χ2v) is 5.35. The van der Waals surface area contributed by atoms with Crippen LogP contribution in [0.1, 0.15) is 13.8 Å². The molecule has 0 unspecified atom stereocenters. The summed E-state index contributed by atoms with van der Waals surface area (Å²) in [5, 5.41) is 25.2. The standard InChI is InChI=1S/C14H20N4O8/c1-6(20)16-11-8(17-18-15)4-10(14(23)24-3)26-13(11)12(9(22)5-19)25-7(2)21/h4,8-9,11-13,19,22H,5H2,1-3H3,(H,16,20)/t8-,9+,11+,12+,13+/m0/s1. The molecule has 0 aliphatic carbocycles. The van der Waals surface area contributed by atoms with E-state index in [9.17, 15) is 24.6 Å². The van der Waals surface area contributed by atoms with Crippen LogP contribution in [0, 0.1) is 0 Å². The number of aliphatic hydroxyl groups excluding tert-OH is 2. The molecule has 0 saturated carbocycles. The Hall–Kier alpha value is -2.82. The van der Waals surface area contributed by atoms with Crippen molar-refractivity contribution in [1.29, 1.82) is 0 Å². The molecule has 0 radical (unpaired) electrons. The lowest BCUT2D eigenvalue weighted by molar-refractivity contribution is -0.172. The molecule has 0 saturated heterocycles. The molecule has 1 heterocycles. The normalized spacial score (nSPS) is 24.0. The van der Waals surface area contributed by atoms with Crippen molar-refractivity contribution in [3.8, 4) is 0 Å². The lowest BCUT2D eigenvalue weighted by atomic mass is 9.92. The van der Waals surface area contributed by atoms with E-state index in [1.807, 2.05) is 0 Å². The average Bonchev–Trinajstić information content (AvgIpc) is 2.59. The van der Waals surface area contributed by atoms with Gasteiger partial charge in [0.25, 0.3) is 0 Å². The highest BCUT2D eigenvalue weighted by Gasteiger charge is 2.45. The molecule has 12 heteroatoms. The van der Waals surface area contributed by atoms with E-state index in [1.54, 1.807) is 0 Å². The Kier molecular flexibility index (Phi) is 7.84. The van der Waals surface area contributed by atoms with Crippen molar-refractivity contribution in [2.75, 3.05) is 13.7 Å². The zero-order valence-electron chi connectivity index (χ0n) is 14.4.